The molecule has 1 atom stereocenters. The van der Waals surface area contributed by atoms with E-state index in [2.05, 4.69) is 42.5 Å². The molecular weight excluding hydrogens is 407 g/mol. The molecule has 1 unspecified atom stereocenters. The number of rotatable bonds is 2. The van der Waals surface area contributed by atoms with Crippen LogP contribution in [0, 0.1) is 0 Å². The average molecular weight is 426 g/mol. The van der Waals surface area contributed by atoms with Gasteiger partial charge in [0.05, 0.1) is 0 Å². The fraction of sp³-hybridized carbons (Fsp3) is 0.368. The van der Waals surface area contributed by atoms with Gasteiger partial charge in [-0.3, -0.25) is 0 Å². The second-order valence-electron chi connectivity index (χ2n) is 6.34. The number of aryl methyl sites for hydroxylation is 2. The quantitative estimate of drug-likeness (QED) is 0.635. The summed E-state index contributed by atoms with van der Waals surface area (Å²) in [6.45, 7) is 0. The first-order valence-corrected chi connectivity index (χ1v) is 9.49. The van der Waals surface area contributed by atoms with Gasteiger partial charge in [0.15, 0.2) is 0 Å². The topological polar surface area (TPSA) is 0 Å². The van der Waals surface area contributed by atoms with Crippen molar-refractivity contribution < 1.29 is 24.4 Å². The van der Waals surface area contributed by atoms with Crippen LogP contribution in [-0.4, -0.2) is 0 Å². The standard InChI is InChI=1S/C19H19.Hf/c1-2-5-14(6-3-1)13-17-12-11-16-10-9-15-7-4-8-18(15)19(16)17;/h1-3,5-6,9-10H,4,7-8,11-13H2;. The van der Waals surface area contributed by atoms with Gasteiger partial charge in [-0.05, 0) is 0 Å². The van der Waals surface area contributed by atoms with Crippen LogP contribution in [-0.2, 0) is 53.2 Å². The average Bonchev–Trinajstić information content (AvgIpc) is 3.04. The van der Waals surface area contributed by atoms with E-state index in [0.29, 0.717) is 3.17 Å². The van der Waals surface area contributed by atoms with Gasteiger partial charge in [0.1, 0.15) is 0 Å². The Labute approximate surface area is 136 Å². The molecule has 0 nitrogen and oxygen atoms in total. The zero-order chi connectivity index (χ0) is 13.6. The van der Waals surface area contributed by atoms with Crippen LogP contribution in [0.5, 0.6) is 0 Å². The van der Waals surface area contributed by atoms with E-state index < -0.39 is 0 Å². The molecule has 2 aliphatic rings. The van der Waals surface area contributed by atoms with Crippen LogP contribution in [0.15, 0.2) is 42.5 Å². The summed E-state index contributed by atoms with van der Waals surface area (Å²) in [7, 11) is 0. The van der Waals surface area contributed by atoms with Crippen molar-refractivity contribution in [3.05, 3.63) is 70.3 Å². The molecule has 99 valence electrons. The first kappa shape index (κ1) is 13.0. The third-order valence-corrected chi connectivity index (χ3v) is 7.45. The van der Waals surface area contributed by atoms with Crippen LogP contribution in [0.1, 0.15) is 40.7 Å². The first-order valence-electron chi connectivity index (χ1n) is 7.69. The molecule has 0 N–H and O–H groups in total. The number of hydrogen-bond acceptors (Lipinski definition) is 0. The van der Waals surface area contributed by atoms with Crippen molar-refractivity contribution >= 4 is 0 Å². The van der Waals surface area contributed by atoms with Crippen molar-refractivity contribution in [2.24, 2.45) is 0 Å². The van der Waals surface area contributed by atoms with Crippen LogP contribution >= 0.6 is 0 Å². The Morgan fingerprint density at radius 2 is 1.70 bits per heavy atom. The maximum absolute atomic E-state index is 2.43. The Morgan fingerprint density at radius 3 is 2.55 bits per heavy atom. The van der Waals surface area contributed by atoms with E-state index in [9.17, 15) is 0 Å². The summed E-state index contributed by atoms with van der Waals surface area (Å²) in [5.74, 6) is 0. The fourth-order valence-electron chi connectivity index (χ4n) is 4.11. The van der Waals surface area contributed by atoms with Gasteiger partial charge in [-0.25, -0.2) is 0 Å². The molecule has 0 fully saturated rings. The molecule has 0 bridgehead atoms. The molecule has 0 saturated heterocycles. The molecule has 2 aromatic rings. The Bertz CT molecular complexity index is 644. The van der Waals surface area contributed by atoms with E-state index >= 15 is 0 Å². The first-order chi connectivity index (χ1) is 9.76. The predicted octanol–water partition coefficient (Wildman–Crippen LogP) is 4.11. The second-order valence-corrected chi connectivity index (χ2v) is 9.77. The molecule has 2 aromatic carbocycles. The van der Waals surface area contributed by atoms with Gasteiger partial charge in [-0.1, -0.05) is 0 Å². The Kier molecular flexibility index (Phi) is 3.22. The zero-order valence-corrected chi connectivity index (χ0v) is 15.4. The van der Waals surface area contributed by atoms with E-state index in [0.717, 1.165) is 0 Å². The van der Waals surface area contributed by atoms with Gasteiger partial charge in [0.2, 0.25) is 0 Å². The second kappa shape index (κ2) is 4.94. The molecule has 0 amide bonds. The van der Waals surface area contributed by atoms with E-state index in [1.807, 2.05) is 0 Å². The number of hydrogen-bond donors (Lipinski definition) is 0. The summed E-state index contributed by atoms with van der Waals surface area (Å²) in [5, 5.41) is 0. The van der Waals surface area contributed by atoms with E-state index in [4.69, 9.17) is 0 Å². The summed E-state index contributed by atoms with van der Waals surface area (Å²) in [4.78, 5) is 0. The molecule has 0 heterocycles. The Morgan fingerprint density at radius 1 is 0.900 bits per heavy atom. The minimum atomic E-state index is 0.492. The van der Waals surface area contributed by atoms with Crippen LogP contribution in [0.3, 0.4) is 0 Å². The predicted molar refractivity (Wildman–Crippen MR) is 78.6 cm³/mol. The number of fused-ring (bicyclic) bond motifs is 3. The van der Waals surface area contributed by atoms with Gasteiger partial charge in [0.25, 0.3) is 0 Å². The van der Waals surface area contributed by atoms with Crippen molar-refractivity contribution in [1.29, 1.82) is 0 Å². The molecule has 0 radical (unpaired) electrons. The SMILES string of the molecule is [Hf][C]1(Cc2ccccc2)CCc2ccc3c(c21)CCC3. The summed E-state index contributed by atoms with van der Waals surface area (Å²) >= 11 is 1.27. The van der Waals surface area contributed by atoms with Crippen molar-refractivity contribution in [3.63, 3.8) is 0 Å². The van der Waals surface area contributed by atoms with Gasteiger partial charge in [0, 0.05) is 0 Å². The zero-order valence-electron chi connectivity index (χ0n) is 11.8. The van der Waals surface area contributed by atoms with Crippen LogP contribution in [0.4, 0.5) is 0 Å². The van der Waals surface area contributed by atoms with Crippen molar-refractivity contribution in [1.82, 2.24) is 0 Å². The van der Waals surface area contributed by atoms with Crippen molar-refractivity contribution in [2.75, 3.05) is 0 Å². The molecular formula is C19H19Hf. The van der Waals surface area contributed by atoms with Gasteiger partial charge < -0.3 is 0 Å². The van der Waals surface area contributed by atoms with Crippen molar-refractivity contribution in [2.45, 2.75) is 41.7 Å². The van der Waals surface area contributed by atoms with Crippen LogP contribution < -0.4 is 0 Å². The molecule has 0 saturated carbocycles. The molecule has 0 aliphatic heterocycles. The third-order valence-electron chi connectivity index (χ3n) is 5.02. The van der Waals surface area contributed by atoms with Crippen LogP contribution in [0.2, 0.25) is 0 Å². The van der Waals surface area contributed by atoms with Crippen molar-refractivity contribution in [3.8, 4) is 0 Å². The molecule has 1 heteroatoms. The fourth-order valence-corrected chi connectivity index (χ4v) is 6.41. The van der Waals surface area contributed by atoms with Gasteiger partial charge in [-0.2, -0.15) is 0 Å². The minimum absolute atomic E-state index is 0.492. The molecule has 4 rings (SSSR count). The van der Waals surface area contributed by atoms with Gasteiger partial charge >= 0.3 is 136 Å². The summed E-state index contributed by atoms with van der Waals surface area (Å²) in [6.07, 6.45) is 7.94. The van der Waals surface area contributed by atoms with E-state index in [1.165, 1.54) is 68.5 Å². The Balaban J connectivity index is 1.78. The summed E-state index contributed by atoms with van der Waals surface area (Å²) in [6, 6.07) is 16.0. The van der Waals surface area contributed by atoms with Crippen LogP contribution in [0.25, 0.3) is 0 Å². The maximum atomic E-state index is 2.43. The van der Waals surface area contributed by atoms with Gasteiger partial charge in [-0.15, -0.1) is 0 Å². The van der Waals surface area contributed by atoms with E-state index in [-0.39, 0.29) is 0 Å². The molecule has 20 heavy (non-hydrogen) atoms. The Hall–Kier alpha value is -0.690. The molecule has 0 aromatic heterocycles. The normalized spacial score (nSPS) is 23.6. The van der Waals surface area contributed by atoms with E-state index in [1.54, 1.807) is 22.3 Å². The molecule has 0 spiro atoms. The number of benzene rings is 2. The summed E-state index contributed by atoms with van der Waals surface area (Å²) < 4.78 is 0.492. The third kappa shape index (κ3) is 2.06. The molecule has 2 aliphatic carbocycles. The summed E-state index contributed by atoms with van der Waals surface area (Å²) in [5.41, 5.74) is 8.36. The monoisotopic (exact) mass is 427 g/mol.